The van der Waals surface area contributed by atoms with Gasteiger partial charge in [-0.05, 0) is 36.5 Å². The summed E-state index contributed by atoms with van der Waals surface area (Å²) in [4.78, 5) is 26.9. The lowest BCUT2D eigenvalue weighted by Gasteiger charge is -2.23. The molecule has 0 amide bonds. The molecule has 156 valence electrons. The molecule has 0 saturated heterocycles. The van der Waals surface area contributed by atoms with E-state index in [9.17, 15) is 20.0 Å². The molecule has 1 heterocycles. The maximum absolute atomic E-state index is 13.9. The van der Waals surface area contributed by atoms with E-state index >= 15 is 0 Å². The van der Waals surface area contributed by atoms with E-state index in [0.717, 1.165) is 36.8 Å². The van der Waals surface area contributed by atoms with Crippen molar-refractivity contribution in [3.8, 4) is 11.9 Å². The average molecular weight is 412 g/mol. The van der Waals surface area contributed by atoms with E-state index in [1.165, 1.54) is 4.57 Å². The van der Waals surface area contributed by atoms with Crippen LogP contribution in [0.25, 0.3) is 0 Å². The SMILES string of the molecule is Cc1c(C(=O)C(c2ccccc2)c2ccccc2)c(O)n(C2CCCC2)c(=O)c1C#N. The van der Waals surface area contributed by atoms with Crippen LogP contribution in [-0.4, -0.2) is 15.5 Å². The highest BCUT2D eigenvalue weighted by Crippen LogP contribution is 2.37. The number of Topliss-reactive ketones (excluding diaryl/α,β-unsaturated/α-hetero) is 1. The number of aromatic nitrogens is 1. The topological polar surface area (TPSA) is 83.1 Å². The van der Waals surface area contributed by atoms with Gasteiger partial charge in [0.05, 0.1) is 11.5 Å². The molecule has 0 spiro atoms. The highest BCUT2D eigenvalue weighted by Gasteiger charge is 2.33. The van der Waals surface area contributed by atoms with Gasteiger partial charge >= 0.3 is 0 Å². The molecule has 0 aliphatic heterocycles. The van der Waals surface area contributed by atoms with E-state index in [1.54, 1.807) is 6.92 Å². The summed E-state index contributed by atoms with van der Waals surface area (Å²) in [5, 5.41) is 20.9. The van der Waals surface area contributed by atoms with Crippen LogP contribution in [0, 0.1) is 18.3 Å². The Balaban J connectivity index is 1.95. The fourth-order valence-corrected chi connectivity index (χ4v) is 4.65. The predicted octanol–water partition coefficient (Wildman–Crippen LogP) is 4.86. The van der Waals surface area contributed by atoms with Crippen LogP contribution in [0.3, 0.4) is 0 Å². The molecule has 5 nitrogen and oxygen atoms in total. The molecule has 31 heavy (non-hydrogen) atoms. The standard InChI is InChI=1S/C26H24N2O3/c1-17-21(16-27)25(30)28(20-14-8-9-15-20)26(31)22(17)24(29)23(18-10-4-2-5-11-18)19-12-6-3-7-13-19/h2-7,10-13,20,23,31H,8-9,14-15H2,1H3. The molecule has 1 N–H and O–H groups in total. The number of aromatic hydroxyl groups is 1. The number of ketones is 1. The normalized spacial score (nSPS) is 14.0. The number of carbonyl (C=O) groups excluding carboxylic acids is 1. The van der Waals surface area contributed by atoms with E-state index < -0.39 is 11.5 Å². The molecule has 1 aliphatic carbocycles. The molecule has 1 aliphatic rings. The number of nitriles is 1. The van der Waals surface area contributed by atoms with E-state index in [4.69, 9.17) is 0 Å². The third kappa shape index (κ3) is 3.66. The van der Waals surface area contributed by atoms with Gasteiger partial charge in [0.1, 0.15) is 11.6 Å². The zero-order valence-electron chi connectivity index (χ0n) is 17.4. The van der Waals surface area contributed by atoms with Crippen molar-refractivity contribution in [2.24, 2.45) is 0 Å². The first-order valence-corrected chi connectivity index (χ1v) is 10.6. The van der Waals surface area contributed by atoms with Gasteiger partial charge in [0.25, 0.3) is 5.56 Å². The Labute approximate surface area is 181 Å². The van der Waals surface area contributed by atoms with Gasteiger partial charge in [0.15, 0.2) is 5.78 Å². The van der Waals surface area contributed by atoms with Gasteiger partial charge in [0.2, 0.25) is 5.88 Å². The third-order valence-electron chi connectivity index (χ3n) is 6.21. The monoisotopic (exact) mass is 412 g/mol. The summed E-state index contributed by atoms with van der Waals surface area (Å²) in [6, 6.07) is 20.5. The molecular weight excluding hydrogens is 388 g/mol. The number of hydrogen-bond acceptors (Lipinski definition) is 4. The van der Waals surface area contributed by atoms with Crippen molar-refractivity contribution in [2.75, 3.05) is 0 Å². The number of carbonyl (C=O) groups is 1. The molecule has 0 atom stereocenters. The molecule has 1 saturated carbocycles. The molecule has 0 bridgehead atoms. The maximum Gasteiger partial charge on any atom is 0.271 e. The summed E-state index contributed by atoms with van der Waals surface area (Å²) >= 11 is 0. The van der Waals surface area contributed by atoms with Gasteiger partial charge in [-0.3, -0.25) is 14.2 Å². The van der Waals surface area contributed by atoms with E-state index in [0.29, 0.717) is 0 Å². The third-order valence-corrected chi connectivity index (χ3v) is 6.21. The largest absolute Gasteiger partial charge is 0.494 e. The minimum Gasteiger partial charge on any atom is -0.494 e. The molecule has 2 aromatic carbocycles. The van der Waals surface area contributed by atoms with Crippen molar-refractivity contribution < 1.29 is 9.90 Å². The van der Waals surface area contributed by atoms with Crippen molar-refractivity contribution in [3.05, 3.63) is 98.8 Å². The predicted molar refractivity (Wildman–Crippen MR) is 118 cm³/mol. The van der Waals surface area contributed by atoms with Gasteiger partial charge in [-0.1, -0.05) is 73.5 Å². The van der Waals surface area contributed by atoms with Crippen molar-refractivity contribution in [1.29, 1.82) is 5.26 Å². The summed E-state index contributed by atoms with van der Waals surface area (Å²) < 4.78 is 1.28. The summed E-state index contributed by atoms with van der Waals surface area (Å²) in [5.74, 6) is -1.31. The Morgan fingerprint density at radius 3 is 2.03 bits per heavy atom. The molecular formula is C26H24N2O3. The number of nitrogens with zero attached hydrogens (tertiary/aromatic N) is 2. The summed E-state index contributed by atoms with van der Waals surface area (Å²) in [7, 11) is 0. The smallest absolute Gasteiger partial charge is 0.271 e. The van der Waals surface area contributed by atoms with Gasteiger partial charge in [-0.25, -0.2) is 0 Å². The number of benzene rings is 2. The minimum atomic E-state index is -0.659. The fraction of sp³-hybridized carbons (Fsp3) is 0.269. The molecule has 0 unspecified atom stereocenters. The van der Waals surface area contributed by atoms with Gasteiger partial charge in [-0.2, -0.15) is 5.26 Å². The Morgan fingerprint density at radius 2 is 1.55 bits per heavy atom. The lowest BCUT2D eigenvalue weighted by atomic mass is 9.83. The van der Waals surface area contributed by atoms with Crippen LogP contribution in [0.1, 0.15) is 70.3 Å². The van der Waals surface area contributed by atoms with Crippen LogP contribution in [0.2, 0.25) is 0 Å². The van der Waals surface area contributed by atoms with E-state index in [-0.39, 0.29) is 34.4 Å². The van der Waals surface area contributed by atoms with Crippen molar-refractivity contribution in [1.82, 2.24) is 4.57 Å². The molecule has 0 radical (unpaired) electrons. The molecule has 1 fully saturated rings. The molecule has 4 rings (SSSR count). The Kier molecular flexibility index (Phi) is 5.73. The van der Waals surface area contributed by atoms with Crippen molar-refractivity contribution >= 4 is 5.78 Å². The minimum absolute atomic E-state index is 0.0563. The quantitative estimate of drug-likeness (QED) is 0.607. The Bertz CT molecular complexity index is 1160. The van der Waals surface area contributed by atoms with Gasteiger partial charge in [0, 0.05) is 6.04 Å². The summed E-state index contributed by atoms with van der Waals surface area (Å²) in [5.41, 5.74) is 1.27. The van der Waals surface area contributed by atoms with Crippen LogP contribution < -0.4 is 5.56 Å². The molecule has 3 aromatic rings. The highest BCUT2D eigenvalue weighted by atomic mass is 16.3. The van der Waals surface area contributed by atoms with Crippen LogP contribution in [-0.2, 0) is 0 Å². The zero-order chi connectivity index (χ0) is 22.0. The number of pyridine rings is 1. The zero-order valence-corrected chi connectivity index (χ0v) is 17.4. The average Bonchev–Trinajstić information content (AvgIpc) is 3.30. The van der Waals surface area contributed by atoms with Crippen LogP contribution >= 0.6 is 0 Å². The fourth-order valence-electron chi connectivity index (χ4n) is 4.65. The van der Waals surface area contributed by atoms with Gasteiger partial charge in [-0.15, -0.1) is 0 Å². The summed E-state index contributed by atoms with van der Waals surface area (Å²) in [6.45, 7) is 1.57. The van der Waals surface area contributed by atoms with Crippen molar-refractivity contribution in [3.63, 3.8) is 0 Å². The second kappa shape index (κ2) is 8.61. The second-order valence-corrected chi connectivity index (χ2v) is 8.04. The Hall–Kier alpha value is -3.65. The lowest BCUT2D eigenvalue weighted by molar-refractivity contribution is 0.0968. The second-order valence-electron chi connectivity index (χ2n) is 8.04. The first kappa shape index (κ1) is 20.6. The number of hydrogen-bond donors (Lipinski definition) is 1. The lowest BCUT2D eigenvalue weighted by Crippen LogP contribution is -2.30. The molecule has 1 aromatic heterocycles. The van der Waals surface area contributed by atoms with E-state index in [2.05, 4.69) is 0 Å². The first-order valence-electron chi connectivity index (χ1n) is 10.6. The van der Waals surface area contributed by atoms with E-state index in [1.807, 2.05) is 66.7 Å². The molecule has 5 heteroatoms. The van der Waals surface area contributed by atoms with Gasteiger partial charge < -0.3 is 5.11 Å². The summed E-state index contributed by atoms with van der Waals surface area (Å²) in [6.07, 6.45) is 3.39. The van der Waals surface area contributed by atoms with Crippen LogP contribution in [0.5, 0.6) is 5.88 Å². The Morgan fingerprint density at radius 1 is 1.03 bits per heavy atom. The van der Waals surface area contributed by atoms with Crippen molar-refractivity contribution in [2.45, 2.75) is 44.6 Å². The van der Waals surface area contributed by atoms with Crippen LogP contribution in [0.15, 0.2) is 65.5 Å². The highest BCUT2D eigenvalue weighted by molar-refractivity contribution is 6.06. The first-order chi connectivity index (χ1) is 15.0. The van der Waals surface area contributed by atoms with Crippen LogP contribution in [0.4, 0.5) is 0 Å². The number of rotatable bonds is 5. The maximum atomic E-state index is 13.9.